The zero-order valence-electron chi connectivity index (χ0n) is 18.4. The molecule has 7 heteroatoms. The van der Waals surface area contributed by atoms with Crippen molar-refractivity contribution in [3.05, 3.63) is 59.9 Å². The van der Waals surface area contributed by atoms with E-state index in [0.29, 0.717) is 6.54 Å². The number of nitrogens with zero attached hydrogens (tertiary/aromatic N) is 3. The van der Waals surface area contributed by atoms with Crippen LogP contribution in [0.5, 0.6) is 5.75 Å². The molecule has 2 heterocycles. The molecule has 1 aromatic heterocycles. The van der Waals surface area contributed by atoms with Gasteiger partial charge in [0.25, 0.3) is 0 Å². The molecule has 0 unspecified atom stereocenters. The van der Waals surface area contributed by atoms with Gasteiger partial charge in [-0.15, -0.1) is 0 Å². The number of carbonyl (C=O) groups is 1. The molecule has 31 heavy (non-hydrogen) atoms. The molecule has 0 radical (unpaired) electrons. The van der Waals surface area contributed by atoms with E-state index in [1.54, 1.807) is 6.20 Å². The molecule has 7 nitrogen and oxygen atoms in total. The molecule has 1 aliphatic rings. The first-order valence-electron chi connectivity index (χ1n) is 10.8. The number of piperidine rings is 1. The molecule has 168 valence electrons. The Kier molecular flexibility index (Phi) is 8.82. The van der Waals surface area contributed by atoms with Crippen LogP contribution in [-0.4, -0.2) is 72.4 Å². The van der Waals surface area contributed by atoms with Crippen molar-refractivity contribution < 1.29 is 19.4 Å². The van der Waals surface area contributed by atoms with Gasteiger partial charge in [0.05, 0.1) is 13.0 Å². The Hall–Kier alpha value is -2.48. The molecule has 1 aromatic carbocycles. The topological polar surface area (TPSA) is 75.1 Å². The fraction of sp³-hybridized carbons (Fsp3) is 0.500. The van der Waals surface area contributed by atoms with E-state index in [-0.39, 0.29) is 18.5 Å². The van der Waals surface area contributed by atoms with E-state index >= 15 is 0 Å². The number of benzene rings is 1. The minimum absolute atomic E-state index is 0.0171. The molecule has 1 fully saturated rings. The van der Waals surface area contributed by atoms with Crippen LogP contribution < -0.4 is 4.74 Å². The van der Waals surface area contributed by atoms with Gasteiger partial charge in [0, 0.05) is 32.0 Å². The highest BCUT2D eigenvalue weighted by Crippen LogP contribution is 2.19. The second kappa shape index (κ2) is 11.8. The summed E-state index contributed by atoms with van der Waals surface area (Å²) in [5.74, 6) is 0.605. The summed E-state index contributed by atoms with van der Waals surface area (Å²) in [6.07, 6.45) is 4.65. The van der Waals surface area contributed by atoms with Crippen molar-refractivity contribution >= 4 is 5.97 Å². The summed E-state index contributed by atoms with van der Waals surface area (Å²) in [4.78, 5) is 20.2. The smallest absolute Gasteiger partial charge is 0.308 e. The molecule has 3 rings (SSSR count). The summed E-state index contributed by atoms with van der Waals surface area (Å²) >= 11 is 0. The Morgan fingerprint density at radius 1 is 1.19 bits per heavy atom. The van der Waals surface area contributed by atoms with Crippen LogP contribution in [0.2, 0.25) is 0 Å². The number of aliphatic hydroxyl groups is 1. The van der Waals surface area contributed by atoms with Crippen LogP contribution in [0.25, 0.3) is 0 Å². The summed E-state index contributed by atoms with van der Waals surface area (Å²) in [5.41, 5.74) is 2.39. The maximum absolute atomic E-state index is 11.6. The van der Waals surface area contributed by atoms with Gasteiger partial charge in [-0.3, -0.25) is 14.7 Å². The third kappa shape index (κ3) is 7.61. The van der Waals surface area contributed by atoms with E-state index in [0.717, 1.165) is 44.8 Å². The number of methoxy groups -OCH3 is 1. The normalized spacial score (nSPS) is 16.3. The predicted molar refractivity (Wildman–Crippen MR) is 119 cm³/mol. The van der Waals surface area contributed by atoms with Crippen LogP contribution in [0.4, 0.5) is 0 Å². The van der Waals surface area contributed by atoms with Crippen molar-refractivity contribution in [3.8, 4) is 5.75 Å². The average Bonchev–Trinajstić information content (AvgIpc) is 2.79. The number of rotatable bonds is 10. The SMILES string of the molecule is COC(=O)C1CCN(C[C@@H](O)COc2ccc(CN(C)Cc3cccnc3)cc2)CC1. The van der Waals surface area contributed by atoms with Crippen LogP contribution in [0.3, 0.4) is 0 Å². The highest BCUT2D eigenvalue weighted by Gasteiger charge is 2.26. The zero-order valence-corrected chi connectivity index (χ0v) is 18.4. The predicted octanol–water partition coefficient (Wildman–Crippen LogP) is 2.34. The summed E-state index contributed by atoms with van der Waals surface area (Å²) in [7, 11) is 3.52. The van der Waals surface area contributed by atoms with E-state index < -0.39 is 6.10 Å². The second-order valence-electron chi connectivity index (χ2n) is 8.24. The zero-order chi connectivity index (χ0) is 22.1. The Labute approximate surface area is 184 Å². The minimum atomic E-state index is -0.569. The fourth-order valence-electron chi connectivity index (χ4n) is 3.92. The second-order valence-corrected chi connectivity index (χ2v) is 8.24. The molecular weight excluding hydrogens is 394 g/mol. The van der Waals surface area contributed by atoms with Gasteiger partial charge in [-0.25, -0.2) is 0 Å². The first-order chi connectivity index (χ1) is 15.0. The van der Waals surface area contributed by atoms with E-state index in [2.05, 4.69) is 40.0 Å². The molecule has 0 saturated carbocycles. The molecule has 0 spiro atoms. The summed E-state index contributed by atoms with van der Waals surface area (Å²) < 4.78 is 10.6. The number of aliphatic hydroxyl groups excluding tert-OH is 1. The molecule has 1 atom stereocenters. The number of aromatic nitrogens is 1. The maximum atomic E-state index is 11.6. The van der Waals surface area contributed by atoms with Crippen LogP contribution in [0.15, 0.2) is 48.8 Å². The average molecular weight is 428 g/mol. The minimum Gasteiger partial charge on any atom is -0.491 e. The summed E-state index contributed by atoms with van der Waals surface area (Å²) in [6.45, 7) is 4.05. The van der Waals surface area contributed by atoms with Crippen molar-refractivity contribution in [3.63, 3.8) is 0 Å². The van der Waals surface area contributed by atoms with Crippen molar-refractivity contribution in [2.45, 2.75) is 32.0 Å². The van der Waals surface area contributed by atoms with Gasteiger partial charge in [0.15, 0.2) is 0 Å². The van der Waals surface area contributed by atoms with E-state index in [9.17, 15) is 9.90 Å². The van der Waals surface area contributed by atoms with Crippen LogP contribution in [-0.2, 0) is 22.6 Å². The lowest BCUT2D eigenvalue weighted by Crippen LogP contribution is -2.42. The maximum Gasteiger partial charge on any atom is 0.308 e. The lowest BCUT2D eigenvalue weighted by molar-refractivity contribution is -0.147. The number of hydrogen-bond acceptors (Lipinski definition) is 7. The molecule has 0 aliphatic carbocycles. The third-order valence-electron chi connectivity index (χ3n) is 5.58. The molecule has 0 amide bonds. The Morgan fingerprint density at radius 3 is 2.55 bits per heavy atom. The number of esters is 1. The molecule has 0 bridgehead atoms. The van der Waals surface area contributed by atoms with E-state index in [1.807, 2.05) is 24.4 Å². The monoisotopic (exact) mass is 427 g/mol. The fourth-order valence-corrected chi connectivity index (χ4v) is 3.92. The quantitative estimate of drug-likeness (QED) is 0.583. The van der Waals surface area contributed by atoms with Crippen LogP contribution >= 0.6 is 0 Å². The molecule has 1 N–H and O–H groups in total. The van der Waals surface area contributed by atoms with Gasteiger partial charge < -0.3 is 19.5 Å². The molecule has 1 aliphatic heterocycles. The highest BCUT2D eigenvalue weighted by atomic mass is 16.5. The van der Waals surface area contributed by atoms with Gasteiger partial charge in [0.1, 0.15) is 18.5 Å². The lowest BCUT2D eigenvalue weighted by atomic mass is 9.97. The highest BCUT2D eigenvalue weighted by molar-refractivity contribution is 5.72. The van der Waals surface area contributed by atoms with E-state index in [4.69, 9.17) is 9.47 Å². The van der Waals surface area contributed by atoms with Gasteiger partial charge >= 0.3 is 5.97 Å². The first kappa shape index (κ1) is 23.2. The molecular formula is C24H33N3O4. The number of pyridine rings is 1. The number of carbonyl (C=O) groups excluding carboxylic acids is 1. The van der Waals surface area contributed by atoms with E-state index in [1.165, 1.54) is 18.2 Å². The number of likely N-dealkylation sites (tertiary alicyclic amines) is 1. The summed E-state index contributed by atoms with van der Waals surface area (Å²) in [6, 6.07) is 12.0. The van der Waals surface area contributed by atoms with Gasteiger partial charge in [-0.1, -0.05) is 18.2 Å². The van der Waals surface area contributed by atoms with Gasteiger partial charge in [0.2, 0.25) is 0 Å². The first-order valence-corrected chi connectivity index (χ1v) is 10.8. The Balaban J connectivity index is 1.36. The third-order valence-corrected chi connectivity index (χ3v) is 5.58. The molecule has 2 aromatic rings. The van der Waals surface area contributed by atoms with Gasteiger partial charge in [-0.2, -0.15) is 0 Å². The van der Waals surface area contributed by atoms with Crippen molar-refractivity contribution in [2.24, 2.45) is 5.92 Å². The van der Waals surface area contributed by atoms with Crippen LogP contribution in [0, 0.1) is 5.92 Å². The van der Waals surface area contributed by atoms with Crippen molar-refractivity contribution in [1.29, 1.82) is 0 Å². The Bertz CT molecular complexity index is 792. The lowest BCUT2D eigenvalue weighted by Gasteiger charge is -2.31. The number of β-amino-alcohol motifs (C(OH)–C–C–N with tert-alkyl or cyclic N) is 1. The standard InChI is InChI=1S/C24H33N3O4/c1-26(16-20-4-3-11-25-14-20)15-19-5-7-23(8-6-19)31-18-22(28)17-27-12-9-21(10-13-27)24(29)30-2/h3-8,11,14,21-22,28H,9-10,12-13,15-18H2,1-2H3/t22-/m1/s1. The number of ether oxygens (including phenoxy) is 2. The Morgan fingerprint density at radius 2 is 1.90 bits per heavy atom. The van der Waals surface area contributed by atoms with Crippen LogP contribution in [0.1, 0.15) is 24.0 Å². The molecule has 1 saturated heterocycles. The number of hydrogen-bond donors (Lipinski definition) is 1. The van der Waals surface area contributed by atoms with Crippen molar-refractivity contribution in [1.82, 2.24) is 14.8 Å². The largest absolute Gasteiger partial charge is 0.491 e. The van der Waals surface area contributed by atoms with Crippen molar-refractivity contribution in [2.75, 3.05) is 40.4 Å². The van der Waals surface area contributed by atoms with Gasteiger partial charge in [-0.05, 0) is 62.3 Å². The summed E-state index contributed by atoms with van der Waals surface area (Å²) in [5, 5.41) is 10.3.